The molecule has 0 aliphatic rings. The van der Waals surface area contributed by atoms with E-state index < -0.39 is 36.5 Å². The Hall–Kier alpha value is -3.06. The van der Waals surface area contributed by atoms with Crippen molar-refractivity contribution in [1.82, 2.24) is 4.90 Å². The SMILES string of the molecule is CC(C)CC(C(=O)CF)N(C(=O)OCc1ccccc1)C(=O)[C@@H](N)Cc1ccccc1. The number of ether oxygens (including phenoxy) is 1. The lowest BCUT2D eigenvalue weighted by molar-refractivity contribution is -0.139. The molecule has 0 spiro atoms. The maximum absolute atomic E-state index is 13.3. The van der Waals surface area contributed by atoms with Crippen LogP contribution in [0.1, 0.15) is 31.4 Å². The summed E-state index contributed by atoms with van der Waals surface area (Å²) in [5.41, 5.74) is 7.62. The lowest BCUT2D eigenvalue weighted by Gasteiger charge is -2.31. The number of nitrogens with zero attached hydrogens (tertiary/aromatic N) is 1. The smallest absolute Gasteiger partial charge is 0.417 e. The molecule has 2 aromatic rings. The topological polar surface area (TPSA) is 89.7 Å². The third kappa shape index (κ3) is 7.29. The van der Waals surface area contributed by atoms with Crippen molar-refractivity contribution in [2.24, 2.45) is 11.7 Å². The van der Waals surface area contributed by atoms with Crippen LogP contribution in [0.25, 0.3) is 0 Å². The number of imide groups is 1. The molecule has 2 N–H and O–H groups in total. The first-order valence-electron chi connectivity index (χ1n) is 10.3. The van der Waals surface area contributed by atoms with Gasteiger partial charge in [0.15, 0.2) is 5.78 Å². The number of carbonyl (C=O) groups is 3. The monoisotopic (exact) mass is 428 g/mol. The van der Waals surface area contributed by atoms with E-state index in [4.69, 9.17) is 10.5 Å². The Morgan fingerprint density at radius 1 is 0.968 bits per heavy atom. The molecule has 7 heteroatoms. The minimum Gasteiger partial charge on any atom is -0.444 e. The fraction of sp³-hybridized carbons (Fsp3) is 0.375. The van der Waals surface area contributed by atoms with Gasteiger partial charge in [-0.3, -0.25) is 9.59 Å². The Morgan fingerprint density at radius 2 is 1.52 bits per heavy atom. The predicted octanol–water partition coefficient (Wildman–Crippen LogP) is 3.68. The highest BCUT2D eigenvalue weighted by molar-refractivity contribution is 6.01. The fourth-order valence-electron chi connectivity index (χ4n) is 3.21. The van der Waals surface area contributed by atoms with Crippen LogP contribution in [-0.2, 0) is 27.4 Å². The lowest BCUT2D eigenvalue weighted by atomic mass is 9.97. The van der Waals surface area contributed by atoms with Gasteiger partial charge in [0.1, 0.15) is 19.3 Å². The summed E-state index contributed by atoms with van der Waals surface area (Å²) in [4.78, 5) is 39.1. The second-order valence-corrected chi connectivity index (χ2v) is 7.79. The maximum atomic E-state index is 13.3. The highest BCUT2D eigenvalue weighted by atomic mass is 19.1. The quantitative estimate of drug-likeness (QED) is 0.624. The fourth-order valence-corrected chi connectivity index (χ4v) is 3.21. The largest absolute Gasteiger partial charge is 0.444 e. The molecule has 0 bridgehead atoms. The number of alkyl halides is 1. The van der Waals surface area contributed by atoms with Crippen molar-refractivity contribution in [3.8, 4) is 0 Å². The number of carbonyl (C=O) groups excluding carboxylic acids is 3. The summed E-state index contributed by atoms with van der Waals surface area (Å²) in [6.07, 6.45) is -0.724. The molecule has 0 fully saturated rings. The zero-order chi connectivity index (χ0) is 22.8. The van der Waals surface area contributed by atoms with Gasteiger partial charge in [-0.25, -0.2) is 14.1 Å². The first-order chi connectivity index (χ1) is 14.8. The number of amides is 2. The molecule has 166 valence electrons. The molecule has 0 aliphatic heterocycles. The summed E-state index contributed by atoms with van der Waals surface area (Å²) in [5, 5.41) is 0. The molecular formula is C24H29FN2O4. The molecule has 0 radical (unpaired) electrons. The number of hydrogen-bond acceptors (Lipinski definition) is 5. The van der Waals surface area contributed by atoms with E-state index in [2.05, 4.69) is 0 Å². The normalized spacial score (nSPS) is 12.8. The zero-order valence-corrected chi connectivity index (χ0v) is 17.9. The average Bonchev–Trinajstić information content (AvgIpc) is 2.77. The van der Waals surface area contributed by atoms with E-state index in [1.54, 1.807) is 24.3 Å². The third-order valence-electron chi connectivity index (χ3n) is 4.76. The molecule has 2 aromatic carbocycles. The van der Waals surface area contributed by atoms with E-state index in [0.717, 1.165) is 5.56 Å². The van der Waals surface area contributed by atoms with Gasteiger partial charge in [0.05, 0.1) is 6.04 Å². The van der Waals surface area contributed by atoms with Crippen LogP contribution in [-0.4, -0.2) is 41.4 Å². The number of hydrogen-bond donors (Lipinski definition) is 1. The minimum absolute atomic E-state index is 0.0666. The Kier molecular flexibility index (Phi) is 9.34. The van der Waals surface area contributed by atoms with Crippen molar-refractivity contribution < 1.29 is 23.5 Å². The molecule has 0 saturated heterocycles. The third-order valence-corrected chi connectivity index (χ3v) is 4.76. The van der Waals surface area contributed by atoms with Crippen LogP contribution >= 0.6 is 0 Å². The van der Waals surface area contributed by atoms with Crippen LogP contribution in [0.2, 0.25) is 0 Å². The molecule has 2 amide bonds. The van der Waals surface area contributed by atoms with Gasteiger partial charge in [-0.1, -0.05) is 74.5 Å². The standard InChI is InChI=1S/C24H29FN2O4/c1-17(2)13-21(22(28)15-25)27(24(30)31-16-19-11-7-4-8-12-19)23(29)20(26)14-18-9-5-3-6-10-18/h3-12,17,20-21H,13-16,26H2,1-2H3/t20-,21?/m0/s1. The van der Waals surface area contributed by atoms with E-state index in [9.17, 15) is 18.8 Å². The summed E-state index contributed by atoms with van der Waals surface area (Å²) < 4.78 is 18.6. The Balaban J connectivity index is 2.26. The number of halogens is 1. The number of benzene rings is 2. The van der Waals surface area contributed by atoms with Crippen molar-refractivity contribution in [3.05, 3.63) is 71.8 Å². The van der Waals surface area contributed by atoms with Gasteiger partial charge >= 0.3 is 6.09 Å². The molecule has 0 aliphatic carbocycles. The molecule has 0 heterocycles. The molecular weight excluding hydrogens is 399 g/mol. The second-order valence-electron chi connectivity index (χ2n) is 7.79. The Bertz CT molecular complexity index is 858. The number of rotatable bonds is 10. The van der Waals surface area contributed by atoms with Crippen molar-refractivity contribution >= 4 is 17.8 Å². The predicted molar refractivity (Wildman–Crippen MR) is 116 cm³/mol. The lowest BCUT2D eigenvalue weighted by Crippen LogP contribution is -2.55. The molecule has 0 aromatic heterocycles. The summed E-state index contributed by atoms with van der Waals surface area (Å²) in [6, 6.07) is 15.6. The van der Waals surface area contributed by atoms with E-state index >= 15 is 0 Å². The van der Waals surface area contributed by atoms with E-state index in [0.29, 0.717) is 10.5 Å². The second kappa shape index (κ2) is 12.0. The summed E-state index contributed by atoms with van der Waals surface area (Å²) in [6.45, 7) is 2.26. The van der Waals surface area contributed by atoms with Crippen molar-refractivity contribution in [1.29, 1.82) is 0 Å². The van der Waals surface area contributed by atoms with Crippen LogP contribution in [0.5, 0.6) is 0 Å². The van der Waals surface area contributed by atoms with Crippen molar-refractivity contribution in [2.45, 2.75) is 45.4 Å². The highest BCUT2D eigenvalue weighted by Gasteiger charge is 2.38. The maximum Gasteiger partial charge on any atom is 0.417 e. The first-order valence-corrected chi connectivity index (χ1v) is 10.3. The van der Waals surface area contributed by atoms with Crippen LogP contribution in [0, 0.1) is 5.92 Å². The molecule has 0 saturated carbocycles. The number of ketones is 1. The van der Waals surface area contributed by atoms with Gasteiger partial charge in [0.2, 0.25) is 5.91 Å². The summed E-state index contributed by atoms with van der Waals surface area (Å²) in [7, 11) is 0. The van der Waals surface area contributed by atoms with E-state index in [1.165, 1.54) is 0 Å². The highest BCUT2D eigenvalue weighted by Crippen LogP contribution is 2.18. The number of Topliss-reactive ketones (excluding diaryl/α,β-unsaturated/α-hetero) is 1. The van der Waals surface area contributed by atoms with Gasteiger partial charge in [0, 0.05) is 0 Å². The van der Waals surface area contributed by atoms with E-state index in [1.807, 2.05) is 50.2 Å². The van der Waals surface area contributed by atoms with Crippen molar-refractivity contribution in [2.75, 3.05) is 6.67 Å². The Labute approximate surface area is 182 Å². The van der Waals surface area contributed by atoms with Gasteiger partial charge < -0.3 is 10.5 Å². The van der Waals surface area contributed by atoms with Crippen LogP contribution < -0.4 is 5.73 Å². The number of nitrogens with two attached hydrogens (primary N) is 1. The van der Waals surface area contributed by atoms with E-state index in [-0.39, 0.29) is 25.4 Å². The van der Waals surface area contributed by atoms with Crippen LogP contribution in [0.4, 0.5) is 9.18 Å². The average molecular weight is 429 g/mol. The van der Waals surface area contributed by atoms with Crippen LogP contribution in [0.3, 0.4) is 0 Å². The van der Waals surface area contributed by atoms with Gasteiger partial charge in [-0.05, 0) is 29.9 Å². The summed E-state index contributed by atoms with van der Waals surface area (Å²) >= 11 is 0. The Morgan fingerprint density at radius 3 is 2.03 bits per heavy atom. The van der Waals surface area contributed by atoms with Gasteiger partial charge in [0.25, 0.3) is 0 Å². The van der Waals surface area contributed by atoms with Crippen molar-refractivity contribution in [3.63, 3.8) is 0 Å². The molecule has 2 rings (SSSR count). The molecule has 2 atom stereocenters. The summed E-state index contributed by atoms with van der Waals surface area (Å²) in [5.74, 6) is -1.69. The van der Waals surface area contributed by atoms with Gasteiger partial charge in [-0.2, -0.15) is 0 Å². The van der Waals surface area contributed by atoms with Gasteiger partial charge in [-0.15, -0.1) is 0 Å². The molecule has 6 nitrogen and oxygen atoms in total. The molecule has 1 unspecified atom stereocenters. The minimum atomic E-state index is -1.29. The van der Waals surface area contributed by atoms with Crippen LogP contribution in [0.15, 0.2) is 60.7 Å². The zero-order valence-electron chi connectivity index (χ0n) is 17.9. The first kappa shape index (κ1) is 24.2. The molecule has 31 heavy (non-hydrogen) atoms.